The largest absolute Gasteiger partial charge is 0.497 e. The van der Waals surface area contributed by atoms with Crippen molar-refractivity contribution in [3.63, 3.8) is 0 Å². The van der Waals surface area contributed by atoms with E-state index < -0.39 is 11.7 Å². The standard InChI is InChI=1S/C21H25F3N2O2/c1-27-17-7-8-19(28-2)18(14-17)20(26-11-4-9-25-10-12-26)15-5-3-6-16(13-15)21(22,23)24/h3,5-8,13-14,20,25H,4,9-12H2,1-2H3. The van der Waals surface area contributed by atoms with E-state index in [-0.39, 0.29) is 6.04 Å². The number of halogens is 3. The van der Waals surface area contributed by atoms with Crippen LogP contribution in [0, 0.1) is 0 Å². The van der Waals surface area contributed by atoms with Crippen LogP contribution >= 0.6 is 0 Å². The van der Waals surface area contributed by atoms with Crippen molar-refractivity contribution in [3.05, 3.63) is 59.2 Å². The minimum absolute atomic E-state index is 0.368. The molecule has 1 N–H and O–H groups in total. The second kappa shape index (κ2) is 8.84. The van der Waals surface area contributed by atoms with Gasteiger partial charge in [-0.2, -0.15) is 13.2 Å². The van der Waals surface area contributed by atoms with E-state index in [1.54, 1.807) is 32.4 Å². The van der Waals surface area contributed by atoms with Crippen LogP contribution in [0.5, 0.6) is 11.5 Å². The van der Waals surface area contributed by atoms with E-state index >= 15 is 0 Å². The van der Waals surface area contributed by atoms with Crippen LogP contribution in [0.2, 0.25) is 0 Å². The summed E-state index contributed by atoms with van der Waals surface area (Å²) in [5.74, 6) is 1.26. The van der Waals surface area contributed by atoms with E-state index in [1.807, 2.05) is 6.07 Å². The molecule has 0 spiro atoms. The molecule has 1 atom stereocenters. The Kier molecular flexibility index (Phi) is 6.46. The van der Waals surface area contributed by atoms with Gasteiger partial charge in [0.2, 0.25) is 0 Å². The highest BCUT2D eigenvalue weighted by molar-refractivity contribution is 5.47. The van der Waals surface area contributed by atoms with Gasteiger partial charge in [-0.3, -0.25) is 4.90 Å². The highest BCUT2D eigenvalue weighted by Crippen LogP contribution is 2.39. The average Bonchev–Trinajstić information content (AvgIpc) is 2.97. The summed E-state index contributed by atoms with van der Waals surface area (Å²) in [5.41, 5.74) is 0.733. The van der Waals surface area contributed by atoms with Gasteiger partial charge >= 0.3 is 6.18 Å². The normalized spacial score (nSPS) is 17.0. The smallest absolute Gasteiger partial charge is 0.416 e. The lowest BCUT2D eigenvalue weighted by Crippen LogP contribution is -2.33. The molecule has 0 aromatic heterocycles. The quantitative estimate of drug-likeness (QED) is 0.828. The molecule has 152 valence electrons. The molecule has 0 aliphatic carbocycles. The second-order valence-corrected chi connectivity index (χ2v) is 6.77. The molecule has 0 bridgehead atoms. The Bertz CT molecular complexity index is 787. The van der Waals surface area contributed by atoms with Crippen LogP contribution < -0.4 is 14.8 Å². The second-order valence-electron chi connectivity index (χ2n) is 6.77. The van der Waals surface area contributed by atoms with E-state index in [4.69, 9.17) is 9.47 Å². The molecule has 28 heavy (non-hydrogen) atoms. The fourth-order valence-corrected chi connectivity index (χ4v) is 3.65. The SMILES string of the molecule is COc1ccc(OC)c(C(c2cccc(C(F)(F)F)c2)N2CCCNCC2)c1. The minimum Gasteiger partial charge on any atom is -0.497 e. The molecule has 1 aliphatic rings. The molecular weight excluding hydrogens is 369 g/mol. The lowest BCUT2D eigenvalue weighted by atomic mass is 9.94. The van der Waals surface area contributed by atoms with Gasteiger partial charge in [0.1, 0.15) is 11.5 Å². The Morgan fingerprint density at radius 2 is 1.82 bits per heavy atom. The maximum atomic E-state index is 13.3. The maximum absolute atomic E-state index is 13.3. The van der Waals surface area contributed by atoms with Crippen molar-refractivity contribution in [1.82, 2.24) is 10.2 Å². The predicted molar refractivity (Wildman–Crippen MR) is 102 cm³/mol. The molecule has 0 amide bonds. The molecule has 3 rings (SSSR count). The van der Waals surface area contributed by atoms with Crippen molar-refractivity contribution in [2.24, 2.45) is 0 Å². The lowest BCUT2D eigenvalue weighted by Gasteiger charge is -2.32. The maximum Gasteiger partial charge on any atom is 0.416 e. The van der Waals surface area contributed by atoms with Crippen molar-refractivity contribution in [1.29, 1.82) is 0 Å². The third-order valence-electron chi connectivity index (χ3n) is 5.00. The third-order valence-corrected chi connectivity index (χ3v) is 5.00. The number of nitrogens with one attached hydrogen (secondary N) is 1. The summed E-state index contributed by atoms with van der Waals surface area (Å²) in [4.78, 5) is 2.20. The number of benzene rings is 2. The molecule has 1 heterocycles. The molecule has 2 aromatic rings. The summed E-state index contributed by atoms with van der Waals surface area (Å²) < 4.78 is 50.9. The van der Waals surface area contributed by atoms with E-state index in [0.29, 0.717) is 17.1 Å². The summed E-state index contributed by atoms with van der Waals surface area (Å²) in [6, 6.07) is 10.6. The third kappa shape index (κ3) is 4.59. The first-order valence-corrected chi connectivity index (χ1v) is 9.28. The van der Waals surface area contributed by atoms with E-state index in [0.717, 1.165) is 44.2 Å². The number of rotatable bonds is 5. The fourth-order valence-electron chi connectivity index (χ4n) is 3.65. The highest BCUT2D eigenvalue weighted by atomic mass is 19.4. The Labute approximate surface area is 163 Å². The number of ether oxygens (including phenoxy) is 2. The van der Waals surface area contributed by atoms with Gasteiger partial charge in [0, 0.05) is 25.2 Å². The lowest BCUT2D eigenvalue weighted by molar-refractivity contribution is -0.137. The number of methoxy groups -OCH3 is 2. The molecule has 4 nitrogen and oxygen atoms in total. The summed E-state index contributed by atoms with van der Waals surface area (Å²) in [6.45, 7) is 3.17. The zero-order valence-corrected chi connectivity index (χ0v) is 16.1. The van der Waals surface area contributed by atoms with Crippen molar-refractivity contribution in [2.75, 3.05) is 40.4 Å². The van der Waals surface area contributed by atoms with Crippen LogP contribution in [0.4, 0.5) is 13.2 Å². The van der Waals surface area contributed by atoms with Crippen LogP contribution in [0.3, 0.4) is 0 Å². The van der Waals surface area contributed by atoms with Gasteiger partial charge in [-0.05, 0) is 48.9 Å². The van der Waals surface area contributed by atoms with Crippen molar-refractivity contribution in [3.8, 4) is 11.5 Å². The Balaban J connectivity index is 2.13. The monoisotopic (exact) mass is 394 g/mol. The highest BCUT2D eigenvalue weighted by Gasteiger charge is 2.33. The zero-order valence-electron chi connectivity index (χ0n) is 16.1. The molecule has 1 saturated heterocycles. The fraction of sp³-hybridized carbons (Fsp3) is 0.429. The van der Waals surface area contributed by atoms with Gasteiger partial charge in [0.25, 0.3) is 0 Å². The van der Waals surface area contributed by atoms with Gasteiger partial charge in [-0.25, -0.2) is 0 Å². The molecule has 0 saturated carbocycles. The Hall–Kier alpha value is -2.25. The van der Waals surface area contributed by atoms with Gasteiger partial charge in [0.15, 0.2) is 0 Å². The first-order chi connectivity index (χ1) is 13.4. The molecule has 1 unspecified atom stereocenters. The van der Waals surface area contributed by atoms with Crippen LogP contribution in [-0.2, 0) is 6.18 Å². The molecule has 1 fully saturated rings. The summed E-state index contributed by atoms with van der Waals surface area (Å²) in [5, 5.41) is 3.34. The van der Waals surface area contributed by atoms with Crippen LogP contribution in [0.25, 0.3) is 0 Å². The van der Waals surface area contributed by atoms with Gasteiger partial charge in [-0.1, -0.05) is 12.1 Å². The molecular formula is C21H25F3N2O2. The number of nitrogens with zero attached hydrogens (tertiary/aromatic N) is 1. The molecule has 7 heteroatoms. The first-order valence-electron chi connectivity index (χ1n) is 9.28. The summed E-state index contributed by atoms with van der Waals surface area (Å²) in [6.07, 6.45) is -3.47. The van der Waals surface area contributed by atoms with Crippen molar-refractivity contribution < 1.29 is 22.6 Å². The molecule has 0 radical (unpaired) electrons. The van der Waals surface area contributed by atoms with E-state index in [1.165, 1.54) is 12.1 Å². The van der Waals surface area contributed by atoms with Crippen LogP contribution in [0.15, 0.2) is 42.5 Å². The van der Waals surface area contributed by atoms with E-state index in [2.05, 4.69) is 10.2 Å². The number of hydrogen-bond donors (Lipinski definition) is 1. The van der Waals surface area contributed by atoms with Crippen LogP contribution in [-0.4, -0.2) is 45.3 Å². The number of hydrogen-bond acceptors (Lipinski definition) is 4. The van der Waals surface area contributed by atoms with Gasteiger partial charge in [-0.15, -0.1) is 0 Å². The summed E-state index contributed by atoms with van der Waals surface area (Å²) >= 11 is 0. The van der Waals surface area contributed by atoms with Gasteiger partial charge < -0.3 is 14.8 Å². The minimum atomic E-state index is -4.39. The summed E-state index contributed by atoms with van der Waals surface area (Å²) in [7, 11) is 3.14. The van der Waals surface area contributed by atoms with Crippen molar-refractivity contribution in [2.45, 2.75) is 18.6 Å². The Morgan fingerprint density at radius 1 is 1.00 bits per heavy atom. The first kappa shape index (κ1) is 20.5. The Morgan fingerprint density at radius 3 is 2.54 bits per heavy atom. The van der Waals surface area contributed by atoms with Crippen molar-refractivity contribution >= 4 is 0 Å². The van der Waals surface area contributed by atoms with Crippen LogP contribution in [0.1, 0.15) is 29.2 Å². The zero-order chi connectivity index (χ0) is 20.1. The topological polar surface area (TPSA) is 33.7 Å². The number of alkyl halides is 3. The molecule has 1 aliphatic heterocycles. The molecule has 2 aromatic carbocycles. The predicted octanol–water partition coefficient (Wildman–Crippen LogP) is 4.11. The van der Waals surface area contributed by atoms with E-state index in [9.17, 15) is 13.2 Å². The van der Waals surface area contributed by atoms with Gasteiger partial charge in [0.05, 0.1) is 25.8 Å². The average molecular weight is 394 g/mol.